The summed E-state index contributed by atoms with van der Waals surface area (Å²) in [6.07, 6.45) is -2.84. The first-order valence-corrected chi connectivity index (χ1v) is 13.0. The van der Waals surface area contributed by atoms with Gasteiger partial charge in [-0.2, -0.15) is 0 Å². The van der Waals surface area contributed by atoms with Crippen molar-refractivity contribution in [2.75, 3.05) is 49.6 Å². The lowest BCUT2D eigenvalue weighted by atomic mass is 10.2. The molecule has 1 heterocycles. The molecule has 218 valence electrons. The van der Waals surface area contributed by atoms with E-state index in [-0.39, 0.29) is 38.5 Å². The van der Waals surface area contributed by atoms with Crippen molar-refractivity contribution in [3.05, 3.63) is 59.9 Å². The molecule has 3 rings (SSSR count). The molecule has 1 N–H and O–H groups in total. The Morgan fingerprint density at radius 3 is 2.40 bits per heavy atom. The van der Waals surface area contributed by atoms with Crippen molar-refractivity contribution in [1.82, 2.24) is 10.0 Å². The van der Waals surface area contributed by atoms with Gasteiger partial charge in [0.15, 0.2) is 0 Å². The molecule has 0 aliphatic carbocycles. The number of halogens is 1. The van der Waals surface area contributed by atoms with Crippen LogP contribution >= 0.6 is 0 Å². The van der Waals surface area contributed by atoms with E-state index in [9.17, 15) is 19.5 Å². The Labute approximate surface area is 233 Å². The topological polar surface area (TPSA) is 112 Å². The number of amides is 3. The zero-order chi connectivity index (χ0) is 29.4. The van der Waals surface area contributed by atoms with Gasteiger partial charge in [-0.05, 0) is 51.5 Å². The SMILES string of the molecule is CCN(CCN(C(=O)OC(C)(C)C)N(C)C(=O)OCc1ccccc1)c1ccc(N2C[C@H](CO)OC2=O)cc1F. The molecule has 1 aliphatic rings. The first kappa shape index (κ1) is 30.5. The summed E-state index contributed by atoms with van der Waals surface area (Å²) < 4.78 is 31.2. The highest BCUT2D eigenvalue weighted by Crippen LogP contribution is 2.28. The van der Waals surface area contributed by atoms with Crippen LogP contribution in [0.3, 0.4) is 0 Å². The Kier molecular flexibility index (Phi) is 10.2. The number of likely N-dealkylation sites (N-methyl/N-ethyl adjacent to an activating group) is 1. The molecule has 0 spiro atoms. The van der Waals surface area contributed by atoms with E-state index < -0.39 is 35.8 Å². The van der Waals surface area contributed by atoms with Gasteiger partial charge in [-0.25, -0.2) is 28.8 Å². The van der Waals surface area contributed by atoms with Crippen molar-refractivity contribution >= 4 is 29.7 Å². The maximum atomic E-state index is 15.2. The Hall–Kier alpha value is -4.06. The Balaban J connectivity index is 1.73. The summed E-state index contributed by atoms with van der Waals surface area (Å²) in [6, 6.07) is 13.5. The van der Waals surface area contributed by atoms with E-state index in [1.54, 1.807) is 31.7 Å². The lowest BCUT2D eigenvalue weighted by Crippen LogP contribution is -2.52. The average Bonchev–Trinajstić information content (AvgIpc) is 3.30. The Morgan fingerprint density at radius 1 is 1.12 bits per heavy atom. The monoisotopic (exact) mass is 560 g/mol. The van der Waals surface area contributed by atoms with E-state index in [2.05, 4.69) is 0 Å². The number of aliphatic hydroxyl groups is 1. The number of carbonyl (C=O) groups is 3. The second kappa shape index (κ2) is 13.3. The number of cyclic esters (lactones) is 1. The Morgan fingerprint density at radius 2 is 1.82 bits per heavy atom. The molecule has 1 atom stereocenters. The number of hydrogen-bond donors (Lipinski definition) is 1. The first-order chi connectivity index (χ1) is 18.9. The highest BCUT2D eigenvalue weighted by molar-refractivity contribution is 5.90. The van der Waals surface area contributed by atoms with Crippen molar-refractivity contribution in [2.45, 2.75) is 46.0 Å². The van der Waals surface area contributed by atoms with E-state index in [1.165, 1.54) is 24.1 Å². The van der Waals surface area contributed by atoms with Gasteiger partial charge in [-0.1, -0.05) is 30.3 Å². The molecule has 0 saturated carbocycles. The largest absolute Gasteiger partial charge is 0.443 e. The van der Waals surface area contributed by atoms with Crippen LogP contribution in [0.2, 0.25) is 0 Å². The average molecular weight is 561 g/mol. The van der Waals surface area contributed by atoms with Gasteiger partial charge >= 0.3 is 18.3 Å². The summed E-state index contributed by atoms with van der Waals surface area (Å²) in [4.78, 5) is 40.9. The maximum Gasteiger partial charge on any atom is 0.429 e. The van der Waals surface area contributed by atoms with E-state index in [4.69, 9.17) is 14.2 Å². The number of hydrogen-bond acceptors (Lipinski definition) is 8. The number of benzene rings is 2. The molecule has 40 heavy (non-hydrogen) atoms. The number of anilines is 2. The van der Waals surface area contributed by atoms with Gasteiger partial charge in [-0.15, -0.1) is 0 Å². The fourth-order valence-electron chi connectivity index (χ4n) is 4.00. The molecule has 0 radical (unpaired) electrons. The first-order valence-electron chi connectivity index (χ1n) is 13.0. The van der Waals surface area contributed by atoms with E-state index >= 15 is 4.39 Å². The molecular weight excluding hydrogens is 523 g/mol. The summed E-state index contributed by atoms with van der Waals surface area (Å²) in [7, 11) is 1.40. The fraction of sp³-hybridized carbons (Fsp3) is 0.464. The third kappa shape index (κ3) is 7.98. The molecule has 0 bridgehead atoms. The van der Waals surface area contributed by atoms with Crippen molar-refractivity contribution in [2.24, 2.45) is 0 Å². The van der Waals surface area contributed by atoms with Crippen LogP contribution in [0.15, 0.2) is 48.5 Å². The van der Waals surface area contributed by atoms with Gasteiger partial charge in [0.1, 0.15) is 24.1 Å². The molecule has 1 saturated heterocycles. The number of rotatable bonds is 9. The third-order valence-electron chi connectivity index (χ3n) is 6.06. The number of hydrazine groups is 1. The van der Waals surface area contributed by atoms with Crippen LogP contribution < -0.4 is 9.80 Å². The standard InChI is InChI=1S/C28H37FN4O7/c1-6-31(24-13-12-21(16-23(24)29)32-17-22(18-34)39-26(32)36)14-15-33(27(37)40-28(2,3)4)30(5)25(35)38-19-20-10-8-7-9-11-20/h7-13,16,22,34H,6,14-15,17-19H2,1-5H3/t22-/m1/s1. The summed E-state index contributed by atoms with van der Waals surface area (Å²) in [5.74, 6) is -0.584. The summed E-state index contributed by atoms with van der Waals surface area (Å²) in [6.45, 7) is 7.30. The van der Waals surface area contributed by atoms with E-state index in [0.717, 1.165) is 15.6 Å². The van der Waals surface area contributed by atoms with E-state index in [0.29, 0.717) is 12.2 Å². The number of ether oxygens (including phenoxy) is 3. The molecule has 0 unspecified atom stereocenters. The van der Waals surface area contributed by atoms with Gasteiger partial charge in [0, 0.05) is 20.1 Å². The number of carbonyl (C=O) groups excluding carboxylic acids is 3. The quantitative estimate of drug-likeness (QED) is 0.355. The molecule has 12 heteroatoms. The fourth-order valence-corrected chi connectivity index (χ4v) is 4.00. The van der Waals surface area contributed by atoms with Crippen LogP contribution in [-0.4, -0.2) is 84.9 Å². The van der Waals surface area contributed by atoms with Gasteiger partial charge in [0.05, 0.1) is 31.1 Å². The number of aliphatic hydroxyl groups excluding tert-OH is 1. The highest BCUT2D eigenvalue weighted by Gasteiger charge is 2.33. The zero-order valence-corrected chi connectivity index (χ0v) is 23.5. The van der Waals surface area contributed by atoms with Crippen LogP contribution in [0.5, 0.6) is 0 Å². The molecule has 2 aromatic rings. The maximum absolute atomic E-state index is 15.2. The summed E-state index contributed by atoms with van der Waals surface area (Å²) in [5, 5.41) is 11.4. The minimum Gasteiger partial charge on any atom is -0.443 e. The molecule has 1 fully saturated rings. The van der Waals surface area contributed by atoms with Crippen molar-refractivity contribution in [3.8, 4) is 0 Å². The predicted molar refractivity (Wildman–Crippen MR) is 146 cm³/mol. The van der Waals surface area contributed by atoms with Crippen LogP contribution in [0.1, 0.15) is 33.3 Å². The smallest absolute Gasteiger partial charge is 0.429 e. The van der Waals surface area contributed by atoms with Crippen LogP contribution in [-0.2, 0) is 20.8 Å². The van der Waals surface area contributed by atoms with Crippen LogP contribution in [0.25, 0.3) is 0 Å². The lowest BCUT2D eigenvalue weighted by Gasteiger charge is -2.34. The minimum absolute atomic E-state index is 0.0164. The molecular formula is C28H37FN4O7. The molecule has 2 aromatic carbocycles. The number of nitrogens with zero attached hydrogens (tertiary/aromatic N) is 4. The molecule has 11 nitrogen and oxygen atoms in total. The van der Waals surface area contributed by atoms with Crippen molar-refractivity contribution in [1.29, 1.82) is 0 Å². The Bertz CT molecular complexity index is 1170. The second-order valence-corrected chi connectivity index (χ2v) is 10.2. The summed E-state index contributed by atoms with van der Waals surface area (Å²) in [5.41, 5.74) is 0.520. The van der Waals surface area contributed by atoms with Crippen molar-refractivity contribution in [3.63, 3.8) is 0 Å². The third-order valence-corrected chi connectivity index (χ3v) is 6.06. The van der Waals surface area contributed by atoms with Crippen LogP contribution in [0, 0.1) is 5.82 Å². The molecule has 3 amide bonds. The van der Waals surface area contributed by atoms with E-state index in [1.807, 2.05) is 37.3 Å². The minimum atomic E-state index is -0.817. The molecule has 1 aliphatic heterocycles. The van der Waals surface area contributed by atoms with Gasteiger partial charge < -0.3 is 24.2 Å². The van der Waals surface area contributed by atoms with Crippen LogP contribution in [0.4, 0.5) is 30.1 Å². The normalized spacial score (nSPS) is 14.9. The zero-order valence-electron chi connectivity index (χ0n) is 23.5. The predicted octanol–water partition coefficient (Wildman–Crippen LogP) is 4.39. The van der Waals surface area contributed by atoms with Gasteiger partial charge in [-0.3, -0.25) is 4.90 Å². The highest BCUT2D eigenvalue weighted by atomic mass is 19.1. The lowest BCUT2D eigenvalue weighted by molar-refractivity contribution is -0.0366. The summed E-state index contributed by atoms with van der Waals surface area (Å²) >= 11 is 0. The second-order valence-electron chi connectivity index (χ2n) is 10.2. The van der Waals surface area contributed by atoms with Gasteiger partial charge in [0.25, 0.3) is 0 Å². The molecule has 0 aromatic heterocycles. The van der Waals surface area contributed by atoms with Gasteiger partial charge in [0.2, 0.25) is 0 Å². The van der Waals surface area contributed by atoms with Crippen molar-refractivity contribution < 1.29 is 38.1 Å².